The molecule has 6 heteroatoms. The van der Waals surface area contributed by atoms with Crippen LogP contribution in [0.4, 0.5) is 4.39 Å². The van der Waals surface area contributed by atoms with Gasteiger partial charge in [0.1, 0.15) is 5.82 Å². The van der Waals surface area contributed by atoms with Gasteiger partial charge in [0.2, 0.25) is 5.89 Å². The second-order valence-electron chi connectivity index (χ2n) is 5.08. The molecule has 0 aliphatic carbocycles. The highest BCUT2D eigenvalue weighted by molar-refractivity contribution is 6.30. The van der Waals surface area contributed by atoms with Crippen molar-refractivity contribution in [2.45, 2.75) is 31.7 Å². The van der Waals surface area contributed by atoms with Crippen LogP contribution in [-0.2, 0) is 6.42 Å². The number of hydrogen-bond donors (Lipinski definition) is 1. The van der Waals surface area contributed by atoms with Gasteiger partial charge in [-0.05, 0) is 31.5 Å². The summed E-state index contributed by atoms with van der Waals surface area (Å²) in [5.74, 6) is 0.928. The minimum Gasteiger partial charge on any atom is -0.339 e. The molecule has 1 aliphatic heterocycles. The summed E-state index contributed by atoms with van der Waals surface area (Å²) in [4.78, 5) is 4.38. The van der Waals surface area contributed by atoms with Crippen LogP contribution >= 0.6 is 11.6 Å². The molecule has 2 heterocycles. The van der Waals surface area contributed by atoms with Gasteiger partial charge >= 0.3 is 0 Å². The van der Waals surface area contributed by atoms with E-state index in [1.807, 2.05) is 0 Å². The smallest absolute Gasteiger partial charge is 0.231 e. The van der Waals surface area contributed by atoms with Gasteiger partial charge in [-0.2, -0.15) is 4.98 Å². The van der Waals surface area contributed by atoms with E-state index in [0.717, 1.165) is 13.0 Å². The molecule has 2 atom stereocenters. The van der Waals surface area contributed by atoms with Gasteiger partial charge in [-0.15, -0.1) is 0 Å². The van der Waals surface area contributed by atoms with Crippen molar-refractivity contribution in [3.05, 3.63) is 46.3 Å². The number of rotatable bonds is 3. The molecule has 20 heavy (non-hydrogen) atoms. The van der Waals surface area contributed by atoms with Gasteiger partial charge in [0.25, 0.3) is 0 Å². The summed E-state index contributed by atoms with van der Waals surface area (Å²) in [6.45, 7) is 3.05. The van der Waals surface area contributed by atoms with Crippen LogP contribution in [0.3, 0.4) is 0 Å². The number of benzene rings is 1. The maximum atomic E-state index is 13.8. The summed E-state index contributed by atoms with van der Waals surface area (Å²) in [7, 11) is 0. The topological polar surface area (TPSA) is 51.0 Å². The molecule has 3 rings (SSSR count). The van der Waals surface area contributed by atoms with E-state index < -0.39 is 5.82 Å². The summed E-state index contributed by atoms with van der Waals surface area (Å²) in [6.07, 6.45) is 1.26. The summed E-state index contributed by atoms with van der Waals surface area (Å²) >= 11 is 5.76. The lowest BCUT2D eigenvalue weighted by molar-refractivity contribution is 0.342. The van der Waals surface area contributed by atoms with Crippen molar-refractivity contribution < 1.29 is 8.91 Å². The van der Waals surface area contributed by atoms with Crippen molar-refractivity contribution in [1.29, 1.82) is 0 Å². The van der Waals surface area contributed by atoms with E-state index in [1.54, 1.807) is 12.1 Å². The predicted octanol–water partition coefficient (Wildman–Crippen LogP) is 2.92. The zero-order valence-corrected chi connectivity index (χ0v) is 11.8. The monoisotopic (exact) mass is 295 g/mol. The fourth-order valence-corrected chi connectivity index (χ4v) is 2.74. The number of hydrogen-bond acceptors (Lipinski definition) is 4. The number of aromatic nitrogens is 2. The van der Waals surface area contributed by atoms with Crippen molar-refractivity contribution in [2.24, 2.45) is 0 Å². The van der Waals surface area contributed by atoms with Gasteiger partial charge in [-0.3, -0.25) is 0 Å². The summed E-state index contributed by atoms with van der Waals surface area (Å²) in [6, 6.07) is 5.24. The van der Waals surface area contributed by atoms with Crippen LogP contribution in [0, 0.1) is 5.82 Å². The first-order valence-corrected chi connectivity index (χ1v) is 7.01. The average Bonchev–Trinajstić information content (AvgIpc) is 3.04. The standard InChI is InChI=1S/C14H15ClFN3O/c1-8-10(5-6-17-8)14-18-12(19-20-14)7-9-3-2-4-11(15)13(9)16/h2-4,8,10,17H,5-7H2,1H3. The fraction of sp³-hybridized carbons (Fsp3) is 0.429. The second-order valence-corrected chi connectivity index (χ2v) is 5.48. The van der Waals surface area contributed by atoms with Crippen LogP contribution in [0.5, 0.6) is 0 Å². The Hall–Kier alpha value is -1.46. The zero-order valence-electron chi connectivity index (χ0n) is 11.1. The molecule has 106 valence electrons. The molecule has 1 aromatic carbocycles. The molecule has 1 aromatic heterocycles. The molecule has 0 amide bonds. The molecule has 1 N–H and O–H groups in total. The third-order valence-electron chi connectivity index (χ3n) is 3.71. The molecular weight excluding hydrogens is 281 g/mol. The van der Waals surface area contributed by atoms with Crippen molar-refractivity contribution in [2.75, 3.05) is 6.54 Å². The highest BCUT2D eigenvalue weighted by atomic mass is 35.5. The maximum absolute atomic E-state index is 13.8. The molecule has 2 aromatic rings. The Morgan fingerprint density at radius 1 is 1.50 bits per heavy atom. The van der Waals surface area contributed by atoms with Gasteiger partial charge in [0, 0.05) is 12.5 Å². The van der Waals surface area contributed by atoms with Gasteiger partial charge < -0.3 is 9.84 Å². The number of nitrogens with zero attached hydrogens (tertiary/aromatic N) is 2. The van der Waals surface area contributed by atoms with Crippen LogP contribution < -0.4 is 5.32 Å². The Kier molecular flexibility index (Phi) is 3.72. The summed E-state index contributed by atoms with van der Waals surface area (Å²) < 4.78 is 19.1. The minimum atomic E-state index is -0.420. The first kappa shape index (κ1) is 13.5. The Morgan fingerprint density at radius 3 is 3.10 bits per heavy atom. The molecular formula is C14H15ClFN3O. The first-order valence-electron chi connectivity index (χ1n) is 6.64. The van der Waals surface area contributed by atoms with Crippen LogP contribution in [0.1, 0.15) is 36.5 Å². The molecule has 1 fully saturated rings. The van der Waals surface area contributed by atoms with Gasteiger partial charge in [-0.1, -0.05) is 28.9 Å². The Labute approximate surface area is 121 Å². The third-order valence-corrected chi connectivity index (χ3v) is 4.00. The van der Waals surface area contributed by atoms with E-state index in [4.69, 9.17) is 16.1 Å². The third kappa shape index (κ3) is 2.55. The quantitative estimate of drug-likeness (QED) is 0.946. The zero-order chi connectivity index (χ0) is 14.1. The first-order chi connectivity index (χ1) is 9.65. The van der Waals surface area contributed by atoms with E-state index in [9.17, 15) is 4.39 Å². The SMILES string of the molecule is CC1NCCC1c1nc(Cc2cccc(Cl)c2F)no1. The van der Waals surface area contributed by atoms with Crippen molar-refractivity contribution in [3.63, 3.8) is 0 Å². The molecule has 1 saturated heterocycles. The van der Waals surface area contributed by atoms with Crippen LogP contribution in [0.15, 0.2) is 22.7 Å². The van der Waals surface area contributed by atoms with Crippen LogP contribution in [0.25, 0.3) is 0 Å². The summed E-state index contributed by atoms with van der Waals surface area (Å²) in [5, 5.41) is 7.39. The highest BCUT2D eigenvalue weighted by Crippen LogP contribution is 2.26. The van der Waals surface area contributed by atoms with E-state index in [1.165, 1.54) is 6.07 Å². The second kappa shape index (κ2) is 5.50. The van der Waals surface area contributed by atoms with Crippen molar-refractivity contribution >= 4 is 11.6 Å². The van der Waals surface area contributed by atoms with E-state index in [0.29, 0.717) is 23.3 Å². The van der Waals surface area contributed by atoms with Gasteiger partial charge in [-0.25, -0.2) is 4.39 Å². The van der Waals surface area contributed by atoms with Crippen LogP contribution in [0.2, 0.25) is 5.02 Å². The van der Waals surface area contributed by atoms with Crippen LogP contribution in [-0.4, -0.2) is 22.7 Å². The van der Waals surface area contributed by atoms with Crippen molar-refractivity contribution in [3.8, 4) is 0 Å². The average molecular weight is 296 g/mol. The molecule has 0 saturated carbocycles. The normalized spacial score (nSPS) is 22.4. The molecule has 4 nitrogen and oxygen atoms in total. The molecule has 2 unspecified atom stereocenters. The Balaban J connectivity index is 1.79. The van der Waals surface area contributed by atoms with Crippen molar-refractivity contribution in [1.82, 2.24) is 15.5 Å². The van der Waals surface area contributed by atoms with E-state index >= 15 is 0 Å². The van der Waals surface area contributed by atoms with E-state index in [2.05, 4.69) is 22.4 Å². The Morgan fingerprint density at radius 2 is 2.35 bits per heavy atom. The molecule has 0 bridgehead atoms. The predicted molar refractivity (Wildman–Crippen MR) is 73.3 cm³/mol. The van der Waals surface area contributed by atoms with Gasteiger partial charge in [0.15, 0.2) is 5.82 Å². The highest BCUT2D eigenvalue weighted by Gasteiger charge is 2.29. The van der Waals surface area contributed by atoms with Gasteiger partial charge in [0.05, 0.1) is 10.9 Å². The maximum Gasteiger partial charge on any atom is 0.231 e. The summed E-state index contributed by atoms with van der Waals surface area (Å²) in [5.41, 5.74) is 0.474. The lowest BCUT2D eigenvalue weighted by atomic mass is 10.0. The van der Waals surface area contributed by atoms with E-state index in [-0.39, 0.29) is 17.4 Å². The number of halogens is 2. The largest absolute Gasteiger partial charge is 0.339 e. The molecule has 0 spiro atoms. The lowest BCUT2D eigenvalue weighted by Gasteiger charge is -2.08. The Bertz CT molecular complexity index is 616. The lowest BCUT2D eigenvalue weighted by Crippen LogP contribution is -2.21. The molecule has 1 aliphatic rings. The minimum absolute atomic E-state index is 0.111. The molecule has 0 radical (unpaired) electrons. The fourth-order valence-electron chi connectivity index (χ4n) is 2.54. The number of nitrogens with one attached hydrogen (secondary N) is 1.